The Balaban J connectivity index is 1.26. The molecule has 0 amide bonds. The molecule has 25 heavy (non-hydrogen) atoms. The molecule has 0 bridgehead atoms. The zero-order valence-electron chi connectivity index (χ0n) is 13.4. The molecular formula is C16H17N5O3S. The molecule has 4 rings (SSSR count). The average molecular weight is 359 g/mol. The Morgan fingerprint density at radius 2 is 2.12 bits per heavy atom. The molecule has 1 fully saturated rings. The fraction of sp³-hybridized carbons (Fsp3) is 0.375. The van der Waals surface area contributed by atoms with E-state index < -0.39 is 0 Å². The summed E-state index contributed by atoms with van der Waals surface area (Å²) in [4.78, 5) is 12.7. The molecule has 0 radical (unpaired) electrons. The van der Waals surface area contributed by atoms with Crippen LogP contribution in [0.1, 0.15) is 36.4 Å². The first kappa shape index (κ1) is 16.2. The van der Waals surface area contributed by atoms with Gasteiger partial charge in [0, 0.05) is 19.0 Å². The molecule has 0 unspecified atom stereocenters. The number of nitrogens with one attached hydrogen (secondary N) is 1. The van der Waals surface area contributed by atoms with E-state index >= 15 is 0 Å². The Morgan fingerprint density at radius 3 is 2.96 bits per heavy atom. The molecule has 4 heterocycles. The van der Waals surface area contributed by atoms with Crippen LogP contribution in [0.2, 0.25) is 0 Å². The SMILES string of the molecule is c1cnc(Sc2ccc(CNCc3noc([C@H]4CCCO4)n3)o2)nc1. The van der Waals surface area contributed by atoms with E-state index in [1.165, 1.54) is 11.8 Å². The van der Waals surface area contributed by atoms with Crippen LogP contribution in [-0.2, 0) is 17.8 Å². The fourth-order valence-electron chi connectivity index (χ4n) is 2.48. The van der Waals surface area contributed by atoms with Gasteiger partial charge < -0.3 is 19.0 Å². The van der Waals surface area contributed by atoms with Crippen molar-refractivity contribution >= 4 is 11.8 Å². The van der Waals surface area contributed by atoms with Gasteiger partial charge in [-0.05, 0) is 42.8 Å². The van der Waals surface area contributed by atoms with Crippen LogP contribution in [-0.4, -0.2) is 26.7 Å². The van der Waals surface area contributed by atoms with Crippen LogP contribution in [0, 0.1) is 0 Å². The molecular weight excluding hydrogens is 342 g/mol. The molecule has 1 aliphatic rings. The summed E-state index contributed by atoms with van der Waals surface area (Å²) < 4.78 is 16.5. The summed E-state index contributed by atoms with van der Waals surface area (Å²) in [5.74, 6) is 2.00. The first-order chi connectivity index (χ1) is 12.4. The van der Waals surface area contributed by atoms with Crippen molar-refractivity contribution in [2.75, 3.05) is 6.61 Å². The average Bonchev–Trinajstić information content (AvgIpc) is 3.37. The number of furan rings is 1. The van der Waals surface area contributed by atoms with Crippen molar-refractivity contribution in [2.24, 2.45) is 0 Å². The molecule has 3 aromatic rings. The lowest BCUT2D eigenvalue weighted by atomic mass is 10.2. The van der Waals surface area contributed by atoms with E-state index in [0.717, 1.165) is 30.3 Å². The van der Waals surface area contributed by atoms with Crippen LogP contribution in [0.25, 0.3) is 0 Å². The molecule has 1 saturated heterocycles. The van der Waals surface area contributed by atoms with E-state index in [1.54, 1.807) is 18.5 Å². The van der Waals surface area contributed by atoms with E-state index in [9.17, 15) is 0 Å². The third-order valence-electron chi connectivity index (χ3n) is 3.64. The third kappa shape index (κ3) is 4.25. The molecule has 3 aromatic heterocycles. The van der Waals surface area contributed by atoms with Crippen LogP contribution in [0.4, 0.5) is 0 Å². The van der Waals surface area contributed by atoms with E-state index in [-0.39, 0.29) is 6.10 Å². The molecule has 8 nitrogen and oxygen atoms in total. The summed E-state index contributed by atoms with van der Waals surface area (Å²) in [5.41, 5.74) is 0. The van der Waals surface area contributed by atoms with Gasteiger partial charge in [-0.25, -0.2) is 9.97 Å². The maximum atomic E-state index is 5.75. The van der Waals surface area contributed by atoms with Gasteiger partial charge in [-0.2, -0.15) is 4.98 Å². The lowest BCUT2D eigenvalue weighted by molar-refractivity contribution is 0.0835. The quantitative estimate of drug-likeness (QED) is 0.638. The highest BCUT2D eigenvalue weighted by atomic mass is 32.2. The lowest BCUT2D eigenvalue weighted by Gasteiger charge is -2.01. The smallest absolute Gasteiger partial charge is 0.255 e. The van der Waals surface area contributed by atoms with Crippen LogP contribution in [0.3, 0.4) is 0 Å². The van der Waals surface area contributed by atoms with Gasteiger partial charge in [-0.15, -0.1) is 0 Å². The first-order valence-corrected chi connectivity index (χ1v) is 8.87. The van der Waals surface area contributed by atoms with Crippen molar-refractivity contribution in [3.8, 4) is 0 Å². The maximum Gasteiger partial charge on any atom is 0.255 e. The minimum absolute atomic E-state index is 0.0499. The highest BCUT2D eigenvalue weighted by molar-refractivity contribution is 7.99. The van der Waals surface area contributed by atoms with Gasteiger partial charge in [0.2, 0.25) is 0 Å². The molecule has 9 heteroatoms. The fourth-order valence-corrected chi connectivity index (χ4v) is 3.17. The van der Waals surface area contributed by atoms with Crippen molar-refractivity contribution in [2.45, 2.75) is 42.3 Å². The lowest BCUT2D eigenvalue weighted by Crippen LogP contribution is -2.13. The highest BCUT2D eigenvalue weighted by Crippen LogP contribution is 2.27. The molecule has 130 valence electrons. The summed E-state index contributed by atoms with van der Waals surface area (Å²) >= 11 is 1.39. The van der Waals surface area contributed by atoms with Crippen molar-refractivity contribution in [3.05, 3.63) is 48.1 Å². The zero-order valence-corrected chi connectivity index (χ0v) is 14.2. The third-order valence-corrected chi connectivity index (χ3v) is 4.46. The standard InChI is InChI=1S/C16H17N5O3S/c1-3-12(22-8-1)15-20-13(21-24-15)10-17-9-11-4-5-14(23-11)25-16-18-6-2-7-19-16/h2,4-7,12,17H,1,3,8-10H2/t12-/m1/s1. The van der Waals surface area contributed by atoms with Crippen LogP contribution < -0.4 is 5.32 Å². The molecule has 0 spiro atoms. The number of hydrogen-bond donors (Lipinski definition) is 1. The number of nitrogens with zero attached hydrogens (tertiary/aromatic N) is 4. The molecule has 1 aliphatic heterocycles. The molecule has 1 atom stereocenters. The second-order valence-electron chi connectivity index (χ2n) is 5.51. The predicted molar refractivity (Wildman–Crippen MR) is 87.6 cm³/mol. The highest BCUT2D eigenvalue weighted by Gasteiger charge is 2.23. The zero-order chi connectivity index (χ0) is 16.9. The van der Waals surface area contributed by atoms with Crippen molar-refractivity contribution in [1.82, 2.24) is 25.4 Å². The van der Waals surface area contributed by atoms with Gasteiger partial charge in [-0.1, -0.05) is 5.16 Å². The van der Waals surface area contributed by atoms with Gasteiger partial charge in [0.1, 0.15) is 11.9 Å². The Hall–Kier alpha value is -2.23. The van der Waals surface area contributed by atoms with Gasteiger partial charge in [0.15, 0.2) is 16.1 Å². The van der Waals surface area contributed by atoms with Crippen molar-refractivity contribution in [1.29, 1.82) is 0 Å². The summed E-state index contributed by atoms with van der Waals surface area (Å²) in [6, 6.07) is 5.61. The number of rotatable bonds is 7. The largest absolute Gasteiger partial charge is 0.453 e. The van der Waals surface area contributed by atoms with Crippen LogP contribution >= 0.6 is 11.8 Å². The van der Waals surface area contributed by atoms with Crippen molar-refractivity contribution < 1.29 is 13.7 Å². The van der Waals surface area contributed by atoms with E-state index in [1.807, 2.05) is 12.1 Å². The van der Waals surface area contributed by atoms with Crippen LogP contribution in [0.15, 0.2) is 49.8 Å². The summed E-state index contributed by atoms with van der Waals surface area (Å²) in [6.07, 6.45) is 5.33. The number of aromatic nitrogens is 4. The van der Waals surface area contributed by atoms with Gasteiger partial charge >= 0.3 is 0 Å². The monoisotopic (exact) mass is 359 g/mol. The minimum atomic E-state index is -0.0499. The van der Waals surface area contributed by atoms with E-state index in [0.29, 0.717) is 30.0 Å². The second kappa shape index (κ2) is 7.77. The number of ether oxygens (including phenoxy) is 1. The molecule has 0 aliphatic carbocycles. The Morgan fingerprint density at radius 1 is 1.20 bits per heavy atom. The summed E-state index contributed by atoms with van der Waals surface area (Å²) in [6.45, 7) is 1.83. The predicted octanol–water partition coefficient (Wildman–Crippen LogP) is 2.75. The minimum Gasteiger partial charge on any atom is -0.453 e. The van der Waals surface area contributed by atoms with Gasteiger partial charge in [0.05, 0.1) is 13.1 Å². The van der Waals surface area contributed by atoms with Gasteiger partial charge in [0.25, 0.3) is 5.89 Å². The number of hydrogen-bond acceptors (Lipinski definition) is 9. The maximum absolute atomic E-state index is 5.75. The molecule has 0 saturated carbocycles. The first-order valence-electron chi connectivity index (χ1n) is 8.05. The van der Waals surface area contributed by atoms with Crippen LogP contribution in [0.5, 0.6) is 0 Å². The normalized spacial score (nSPS) is 17.2. The molecule has 0 aromatic carbocycles. The second-order valence-corrected chi connectivity index (χ2v) is 6.48. The van der Waals surface area contributed by atoms with Crippen molar-refractivity contribution in [3.63, 3.8) is 0 Å². The Labute approximate surface area is 148 Å². The van der Waals surface area contributed by atoms with Gasteiger partial charge in [-0.3, -0.25) is 0 Å². The van der Waals surface area contributed by atoms with E-state index in [4.69, 9.17) is 13.7 Å². The summed E-state index contributed by atoms with van der Waals surface area (Å²) in [7, 11) is 0. The summed E-state index contributed by atoms with van der Waals surface area (Å²) in [5, 5.41) is 8.62. The topological polar surface area (TPSA) is 99.1 Å². The Bertz CT molecular complexity index is 801. The Kier molecular flexibility index (Phi) is 5.05. The molecule has 1 N–H and O–H groups in total. The van der Waals surface area contributed by atoms with E-state index in [2.05, 4.69) is 25.4 Å².